The monoisotopic (exact) mass is 330 g/mol. The van der Waals surface area contributed by atoms with Crippen molar-refractivity contribution in [2.75, 3.05) is 24.4 Å². The van der Waals surface area contributed by atoms with Gasteiger partial charge in [0.15, 0.2) is 5.78 Å². The molecule has 0 fully saturated rings. The minimum absolute atomic E-state index is 0.131. The van der Waals surface area contributed by atoms with Gasteiger partial charge in [-0.2, -0.15) is 0 Å². The quantitative estimate of drug-likeness (QED) is 0.844. The van der Waals surface area contributed by atoms with E-state index in [0.29, 0.717) is 22.0 Å². The van der Waals surface area contributed by atoms with Crippen molar-refractivity contribution in [3.8, 4) is 0 Å². The first-order chi connectivity index (χ1) is 9.72. The molecule has 1 rings (SSSR count). The Morgan fingerprint density at radius 1 is 1.43 bits per heavy atom. The largest absolute Gasteiger partial charge is 0.324 e. The summed E-state index contributed by atoms with van der Waals surface area (Å²) in [4.78, 5) is 24.8. The highest BCUT2D eigenvalue weighted by Crippen LogP contribution is 2.21. The van der Waals surface area contributed by atoms with Crippen LogP contribution < -0.4 is 5.32 Å². The van der Waals surface area contributed by atoms with Gasteiger partial charge in [-0.25, -0.2) is 4.79 Å². The van der Waals surface area contributed by atoms with Crippen LogP contribution in [0.3, 0.4) is 0 Å². The molecule has 2 amide bonds. The number of nitrogens with one attached hydrogen (secondary N) is 1. The van der Waals surface area contributed by atoms with Crippen LogP contribution in [0.1, 0.15) is 24.2 Å². The van der Waals surface area contributed by atoms with Crippen molar-refractivity contribution < 1.29 is 13.8 Å². The van der Waals surface area contributed by atoms with E-state index in [-0.39, 0.29) is 17.9 Å². The summed E-state index contributed by atoms with van der Waals surface area (Å²) in [7, 11) is 0.666. The number of carbonyl (C=O) groups excluding carboxylic acids is 2. The molecule has 1 aromatic rings. The van der Waals surface area contributed by atoms with Crippen molar-refractivity contribution >= 4 is 39.9 Å². The molecule has 1 N–H and O–H groups in total. The minimum Gasteiger partial charge on any atom is -0.324 e. The first-order valence-corrected chi connectivity index (χ1v) is 8.47. The summed E-state index contributed by atoms with van der Waals surface area (Å²) < 4.78 is 11.2. The Kier molecular flexibility index (Phi) is 6.36. The summed E-state index contributed by atoms with van der Waals surface area (Å²) in [6.07, 6.45) is 1.60. The van der Waals surface area contributed by atoms with Crippen molar-refractivity contribution in [2.45, 2.75) is 19.9 Å². The van der Waals surface area contributed by atoms with Gasteiger partial charge in [0, 0.05) is 47.1 Å². The molecule has 0 saturated heterocycles. The number of halogens is 1. The zero-order valence-electron chi connectivity index (χ0n) is 12.5. The number of nitrogens with zero attached hydrogens (tertiary/aromatic N) is 1. The van der Waals surface area contributed by atoms with Crippen molar-refractivity contribution in [2.24, 2.45) is 0 Å². The minimum atomic E-state index is -0.972. The number of carbonyl (C=O) groups is 2. The van der Waals surface area contributed by atoms with Crippen LogP contribution in [0, 0.1) is 0 Å². The predicted molar refractivity (Wildman–Crippen MR) is 86.6 cm³/mol. The summed E-state index contributed by atoms with van der Waals surface area (Å²) in [6, 6.07) is 4.26. The third kappa shape index (κ3) is 5.13. The van der Waals surface area contributed by atoms with Gasteiger partial charge in [-0.05, 0) is 32.0 Å². The van der Waals surface area contributed by atoms with Crippen LogP contribution in [0.25, 0.3) is 0 Å². The van der Waals surface area contributed by atoms with Crippen LogP contribution in [0.4, 0.5) is 10.5 Å². The van der Waals surface area contributed by atoms with Gasteiger partial charge in [0.05, 0.1) is 5.02 Å². The highest BCUT2D eigenvalue weighted by molar-refractivity contribution is 7.84. The van der Waals surface area contributed by atoms with E-state index in [1.54, 1.807) is 25.4 Å². The molecule has 116 valence electrons. The van der Waals surface area contributed by atoms with Crippen molar-refractivity contribution in [1.82, 2.24) is 4.90 Å². The Labute approximate surface area is 132 Å². The van der Waals surface area contributed by atoms with Crippen LogP contribution in [-0.2, 0) is 10.8 Å². The van der Waals surface area contributed by atoms with Gasteiger partial charge in [-0.3, -0.25) is 9.00 Å². The van der Waals surface area contributed by atoms with Gasteiger partial charge in [-0.1, -0.05) is 11.6 Å². The van der Waals surface area contributed by atoms with Crippen molar-refractivity contribution in [1.29, 1.82) is 0 Å². The number of Topliss-reactive ketones (excluding diaryl/α,β-unsaturated/α-hetero) is 1. The fourth-order valence-electron chi connectivity index (χ4n) is 1.74. The Morgan fingerprint density at radius 2 is 2.05 bits per heavy atom. The maximum Gasteiger partial charge on any atom is 0.321 e. The van der Waals surface area contributed by atoms with E-state index in [1.165, 1.54) is 17.9 Å². The summed E-state index contributed by atoms with van der Waals surface area (Å²) in [5.41, 5.74) is 0.921. The van der Waals surface area contributed by atoms with E-state index >= 15 is 0 Å². The number of urea groups is 1. The molecule has 0 spiro atoms. The number of amides is 2. The fourth-order valence-corrected chi connectivity index (χ4v) is 2.96. The normalized spacial score (nSPS) is 13.4. The molecular formula is C14H19ClN2O3S. The second-order valence-corrected chi connectivity index (χ2v) is 6.77. The maximum absolute atomic E-state index is 12.1. The number of anilines is 1. The van der Waals surface area contributed by atoms with Crippen molar-refractivity contribution in [3.05, 3.63) is 28.8 Å². The topological polar surface area (TPSA) is 66.5 Å². The van der Waals surface area contributed by atoms with E-state index in [1.807, 2.05) is 6.92 Å². The smallest absolute Gasteiger partial charge is 0.321 e. The average molecular weight is 331 g/mol. The summed E-state index contributed by atoms with van der Waals surface area (Å²) in [5.74, 6) is 0.280. The zero-order valence-corrected chi connectivity index (χ0v) is 14.0. The molecule has 21 heavy (non-hydrogen) atoms. The molecule has 0 saturated carbocycles. The second kappa shape index (κ2) is 7.56. The predicted octanol–water partition coefficient (Wildman–Crippen LogP) is 2.77. The second-order valence-electron chi connectivity index (χ2n) is 4.88. The van der Waals surface area contributed by atoms with Gasteiger partial charge in [0.2, 0.25) is 0 Å². The summed E-state index contributed by atoms with van der Waals surface area (Å²) in [5, 5.41) is 2.99. The van der Waals surface area contributed by atoms with E-state index in [2.05, 4.69) is 5.32 Å². The molecule has 0 radical (unpaired) electrons. The molecule has 0 aliphatic heterocycles. The highest BCUT2D eigenvalue weighted by Gasteiger charge is 2.17. The van der Waals surface area contributed by atoms with Gasteiger partial charge in [0.1, 0.15) is 0 Å². The third-order valence-electron chi connectivity index (χ3n) is 3.06. The van der Waals surface area contributed by atoms with Crippen LogP contribution in [-0.4, -0.2) is 46.0 Å². The summed E-state index contributed by atoms with van der Waals surface area (Å²) in [6.45, 7) is 3.26. The Balaban J connectivity index is 2.77. The number of rotatable bonds is 5. The molecule has 0 bridgehead atoms. The number of benzene rings is 1. The van der Waals surface area contributed by atoms with Gasteiger partial charge < -0.3 is 10.2 Å². The molecule has 1 aromatic carbocycles. The van der Waals surface area contributed by atoms with E-state index < -0.39 is 10.8 Å². The number of ketones is 1. The Hall–Kier alpha value is -1.40. The lowest BCUT2D eigenvalue weighted by Gasteiger charge is -2.24. The molecule has 2 atom stereocenters. The fraction of sp³-hybridized carbons (Fsp3) is 0.429. The van der Waals surface area contributed by atoms with E-state index in [4.69, 9.17) is 11.6 Å². The van der Waals surface area contributed by atoms with Gasteiger partial charge >= 0.3 is 6.03 Å². The first kappa shape index (κ1) is 17.7. The lowest BCUT2D eigenvalue weighted by molar-refractivity contribution is 0.101. The molecule has 0 unspecified atom stereocenters. The van der Waals surface area contributed by atoms with Crippen molar-refractivity contribution in [3.63, 3.8) is 0 Å². The van der Waals surface area contributed by atoms with Gasteiger partial charge in [0.25, 0.3) is 0 Å². The zero-order chi connectivity index (χ0) is 16.2. The Morgan fingerprint density at radius 3 is 2.52 bits per heavy atom. The molecule has 0 aromatic heterocycles. The highest BCUT2D eigenvalue weighted by atomic mass is 35.5. The molecule has 0 heterocycles. The summed E-state index contributed by atoms with van der Waals surface area (Å²) >= 11 is 5.99. The van der Waals surface area contributed by atoms with Crippen LogP contribution in [0.2, 0.25) is 5.02 Å². The van der Waals surface area contributed by atoms with E-state index in [9.17, 15) is 13.8 Å². The lowest BCUT2D eigenvalue weighted by Crippen LogP contribution is -2.40. The average Bonchev–Trinajstić information content (AvgIpc) is 2.36. The van der Waals surface area contributed by atoms with Crippen LogP contribution >= 0.6 is 11.6 Å². The standard InChI is InChI=1S/C14H19ClN2O3S/c1-9(8-21(4)20)17(3)14(19)16-11-5-6-12(10(2)18)13(15)7-11/h5-7,9H,8H2,1-4H3,(H,16,19)/t9-,21+/m0/s1. The van der Waals surface area contributed by atoms with E-state index in [0.717, 1.165) is 0 Å². The SMILES string of the molecule is CC(=O)c1ccc(NC(=O)N(C)[C@@H](C)C[S@@](C)=O)cc1Cl. The van der Waals surface area contributed by atoms with Crippen LogP contribution in [0.5, 0.6) is 0 Å². The molecular weight excluding hydrogens is 312 g/mol. The molecule has 0 aliphatic rings. The Bertz CT molecular complexity index is 577. The van der Waals surface area contributed by atoms with Crippen LogP contribution in [0.15, 0.2) is 18.2 Å². The number of hydrogen-bond acceptors (Lipinski definition) is 3. The molecule has 7 heteroatoms. The lowest BCUT2D eigenvalue weighted by atomic mass is 10.1. The van der Waals surface area contributed by atoms with Gasteiger partial charge in [-0.15, -0.1) is 0 Å². The molecule has 5 nitrogen and oxygen atoms in total. The third-order valence-corrected chi connectivity index (χ3v) is 4.32. The first-order valence-electron chi connectivity index (χ1n) is 6.36. The molecule has 0 aliphatic carbocycles. The maximum atomic E-state index is 12.1. The number of hydrogen-bond donors (Lipinski definition) is 1.